The normalized spacial score (nSPS) is 22.9. The number of carbonyl (C=O) groups is 1. The van der Waals surface area contributed by atoms with Crippen LogP contribution < -0.4 is 4.74 Å². The zero-order valence-corrected chi connectivity index (χ0v) is 19.1. The van der Waals surface area contributed by atoms with Gasteiger partial charge in [0.1, 0.15) is 12.4 Å². The van der Waals surface area contributed by atoms with Crippen molar-refractivity contribution < 1.29 is 23.0 Å². The van der Waals surface area contributed by atoms with Gasteiger partial charge in [0.25, 0.3) is 5.91 Å². The number of hydrogen-bond acceptors (Lipinski definition) is 4. The van der Waals surface area contributed by atoms with E-state index in [9.17, 15) is 13.6 Å². The highest BCUT2D eigenvalue weighted by molar-refractivity contribution is 5.97. The third-order valence-electron chi connectivity index (χ3n) is 6.68. The van der Waals surface area contributed by atoms with Crippen molar-refractivity contribution in [2.24, 2.45) is 0 Å². The molecule has 2 aliphatic heterocycles. The molecule has 0 unspecified atom stereocenters. The van der Waals surface area contributed by atoms with Crippen molar-refractivity contribution >= 4 is 5.91 Å². The molecule has 0 spiro atoms. The van der Waals surface area contributed by atoms with Gasteiger partial charge in [-0.25, -0.2) is 8.78 Å². The average Bonchev–Trinajstić information content (AvgIpc) is 2.84. The van der Waals surface area contributed by atoms with Crippen LogP contribution in [0.25, 0.3) is 0 Å². The standard InChI is InChI=1S/C26H32F2N2O3/c1-32-25-10-6-14-30-23(25)8-4-5-13-29(18-19-11-12-21(27)22(28)17-19)15-16-33-24-9-3-2-7-20(24)26(30)31/h2-3,7,9,11-12,17,23,25H,4-6,8,10,13-16,18H2,1H3/t23-,25-/m0/s1. The number of para-hydroxylation sites is 1. The molecular formula is C26H32F2N2O3. The van der Waals surface area contributed by atoms with E-state index in [2.05, 4.69) is 4.90 Å². The highest BCUT2D eigenvalue weighted by Gasteiger charge is 2.35. The lowest BCUT2D eigenvalue weighted by atomic mass is 9.93. The lowest BCUT2D eigenvalue weighted by Crippen LogP contribution is -2.51. The van der Waals surface area contributed by atoms with Crippen molar-refractivity contribution in [1.29, 1.82) is 0 Å². The summed E-state index contributed by atoms with van der Waals surface area (Å²) in [4.78, 5) is 17.7. The topological polar surface area (TPSA) is 42.0 Å². The predicted octanol–water partition coefficient (Wildman–Crippen LogP) is 4.65. The van der Waals surface area contributed by atoms with E-state index >= 15 is 0 Å². The maximum atomic E-state index is 13.7. The third-order valence-corrected chi connectivity index (χ3v) is 6.68. The number of hydrogen-bond donors (Lipinski definition) is 0. The summed E-state index contributed by atoms with van der Waals surface area (Å²) in [7, 11) is 1.72. The monoisotopic (exact) mass is 458 g/mol. The minimum Gasteiger partial charge on any atom is -0.491 e. The fraction of sp³-hybridized carbons (Fsp3) is 0.500. The molecule has 0 N–H and O–H groups in total. The fourth-order valence-electron chi connectivity index (χ4n) is 4.95. The van der Waals surface area contributed by atoms with E-state index in [1.54, 1.807) is 13.2 Å². The molecule has 2 aromatic carbocycles. The molecule has 2 aliphatic rings. The SMILES string of the molecule is CO[C@H]1CCCN2C(=O)c3ccccc3OCCN(Cc3ccc(F)c(F)c3)CCCC[C@@H]12. The van der Waals surface area contributed by atoms with Gasteiger partial charge >= 0.3 is 0 Å². The predicted molar refractivity (Wildman–Crippen MR) is 122 cm³/mol. The quantitative estimate of drug-likeness (QED) is 0.672. The first kappa shape index (κ1) is 23.6. The van der Waals surface area contributed by atoms with Gasteiger partial charge < -0.3 is 14.4 Å². The van der Waals surface area contributed by atoms with Crippen LogP contribution in [0.4, 0.5) is 8.78 Å². The summed E-state index contributed by atoms with van der Waals surface area (Å²) in [6.45, 7) is 3.06. The molecule has 0 bridgehead atoms. The Morgan fingerprint density at radius 1 is 1.00 bits per heavy atom. The van der Waals surface area contributed by atoms with E-state index in [1.807, 2.05) is 29.2 Å². The third kappa shape index (κ3) is 5.71. The molecule has 4 rings (SSSR count). The van der Waals surface area contributed by atoms with Crippen LogP contribution in [-0.4, -0.2) is 61.2 Å². The molecule has 0 saturated carbocycles. The van der Waals surface area contributed by atoms with Gasteiger partial charge in [0.15, 0.2) is 11.6 Å². The Balaban J connectivity index is 1.55. The Morgan fingerprint density at radius 2 is 1.85 bits per heavy atom. The zero-order valence-electron chi connectivity index (χ0n) is 19.1. The van der Waals surface area contributed by atoms with Crippen LogP contribution >= 0.6 is 0 Å². The fourth-order valence-corrected chi connectivity index (χ4v) is 4.95. The number of fused-ring (bicyclic) bond motifs is 2. The maximum absolute atomic E-state index is 13.7. The van der Waals surface area contributed by atoms with E-state index in [4.69, 9.17) is 9.47 Å². The second-order valence-corrected chi connectivity index (χ2v) is 8.85. The van der Waals surface area contributed by atoms with Crippen LogP contribution in [-0.2, 0) is 11.3 Å². The second-order valence-electron chi connectivity index (χ2n) is 8.85. The van der Waals surface area contributed by atoms with Crippen molar-refractivity contribution in [3.63, 3.8) is 0 Å². The lowest BCUT2D eigenvalue weighted by Gasteiger charge is -2.41. The molecule has 2 aromatic rings. The summed E-state index contributed by atoms with van der Waals surface area (Å²) in [5, 5.41) is 0. The Bertz CT molecular complexity index is 955. The van der Waals surface area contributed by atoms with Gasteiger partial charge in [-0.3, -0.25) is 9.69 Å². The van der Waals surface area contributed by atoms with E-state index in [0.717, 1.165) is 50.8 Å². The summed E-state index contributed by atoms with van der Waals surface area (Å²) < 4.78 is 38.9. The summed E-state index contributed by atoms with van der Waals surface area (Å²) in [6.07, 6.45) is 4.65. The number of rotatable bonds is 3. The first-order chi connectivity index (χ1) is 16.1. The molecule has 1 amide bonds. The van der Waals surface area contributed by atoms with E-state index in [0.29, 0.717) is 31.0 Å². The Morgan fingerprint density at radius 3 is 2.67 bits per heavy atom. The smallest absolute Gasteiger partial charge is 0.257 e. The van der Waals surface area contributed by atoms with Gasteiger partial charge in [-0.05, 0) is 62.1 Å². The molecule has 1 fully saturated rings. The number of piperidine rings is 1. The van der Waals surface area contributed by atoms with Crippen LogP contribution in [0.3, 0.4) is 0 Å². The van der Waals surface area contributed by atoms with Gasteiger partial charge in [0, 0.05) is 26.7 Å². The molecule has 0 radical (unpaired) electrons. The van der Waals surface area contributed by atoms with Gasteiger partial charge in [0.2, 0.25) is 0 Å². The van der Waals surface area contributed by atoms with Gasteiger partial charge in [-0.2, -0.15) is 0 Å². The number of methoxy groups -OCH3 is 1. The molecule has 7 heteroatoms. The van der Waals surface area contributed by atoms with E-state index in [-0.39, 0.29) is 18.1 Å². The van der Waals surface area contributed by atoms with Gasteiger partial charge in [-0.15, -0.1) is 0 Å². The van der Waals surface area contributed by atoms with Gasteiger partial charge in [0.05, 0.1) is 17.7 Å². The van der Waals surface area contributed by atoms with Crippen LogP contribution in [0.15, 0.2) is 42.5 Å². The first-order valence-electron chi connectivity index (χ1n) is 11.8. The van der Waals surface area contributed by atoms with Crippen molar-refractivity contribution in [2.75, 3.05) is 33.4 Å². The molecule has 5 nitrogen and oxygen atoms in total. The molecular weight excluding hydrogens is 426 g/mol. The second kappa shape index (κ2) is 11.1. The Labute approximate surface area is 194 Å². The zero-order chi connectivity index (χ0) is 23.2. The number of ether oxygens (including phenoxy) is 2. The first-order valence-corrected chi connectivity index (χ1v) is 11.8. The van der Waals surface area contributed by atoms with Crippen LogP contribution in [0.5, 0.6) is 5.75 Å². The van der Waals surface area contributed by atoms with Gasteiger partial charge in [-0.1, -0.05) is 24.6 Å². The lowest BCUT2D eigenvalue weighted by molar-refractivity contribution is -0.0155. The maximum Gasteiger partial charge on any atom is 0.257 e. The molecule has 0 aromatic heterocycles. The number of carbonyl (C=O) groups excluding carboxylic acids is 1. The minimum atomic E-state index is -0.835. The summed E-state index contributed by atoms with van der Waals surface area (Å²) in [6, 6.07) is 11.5. The van der Waals surface area contributed by atoms with Crippen molar-refractivity contribution in [1.82, 2.24) is 9.80 Å². The summed E-state index contributed by atoms with van der Waals surface area (Å²) in [5.41, 5.74) is 1.30. The highest BCUT2D eigenvalue weighted by Crippen LogP contribution is 2.29. The molecule has 33 heavy (non-hydrogen) atoms. The van der Waals surface area contributed by atoms with E-state index in [1.165, 1.54) is 12.1 Å². The van der Waals surface area contributed by atoms with Crippen molar-refractivity contribution in [2.45, 2.75) is 50.8 Å². The van der Waals surface area contributed by atoms with E-state index < -0.39 is 11.6 Å². The van der Waals surface area contributed by atoms with Crippen LogP contribution in [0.1, 0.15) is 48.0 Å². The number of benzene rings is 2. The van der Waals surface area contributed by atoms with Crippen molar-refractivity contribution in [3.8, 4) is 5.75 Å². The van der Waals surface area contributed by atoms with Crippen LogP contribution in [0, 0.1) is 11.6 Å². The minimum absolute atomic E-state index is 0.00441. The molecule has 2 heterocycles. The Kier molecular flexibility index (Phi) is 7.93. The number of halogens is 2. The molecule has 178 valence electrons. The molecule has 1 saturated heterocycles. The highest BCUT2D eigenvalue weighted by atomic mass is 19.2. The number of nitrogens with zero attached hydrogens (tertiary/aromatic N) is 2. The summed E-state index contributed by atoms with van der Waals surface area (Å²) >= 11 is 0. The largest absolute Gasteiger partial charge is 0.491 e. The molecule has 2 atom stereocenters. The summed E-state index contributed by atoms with van der Waals surface area (Å²) in [5.74, 6) is -1.09. The Hall–Kier alpha value is -2.51. The van der Waals surface area contributed by atoms with Crippen LogP contribution in [0.2, 0.25) is 0 Å². The number of amides is 1. The molecule has 0 aliphatic carbocycles. The average molecular weight is 459 g/mol. The van der Waals surface area contributed by atoms with Crippen molar-refractivity contribution in [3.05, 3.63) is 65.2 Å².